The van der Waals surface area contributed by atoms with Crippen molar-refractivity contribution in [1.82, 2.24) is 4.90 Å². The molecule has 1 fully saturated rings. The summed E-state index contributed by atoms with van der Waals surface area (Å²) in [5.74, 6) is 1.54. The molecule has 1 saturated carbocycles. The Morgan fingerprint density at radius 1 is 1.11 bits per heavy atom. The highest BCUT2D eigenvalue weighted by Crippen LogP contribution is 2.31. The quantitative estimate of drug-likeness (QED) is 0.750. The Morgan fingerprint density at radius 2 is 1.72 bits per heavy atom. The Bertz CT molecular complexity index is 217. The van der Waals surface area contributed by atoms with E-state index in [4.69, 9.17) is 0 Å². The van der Waals surface area contributed by atoms with Crippen molar-refractivity contribution >= 4 is 0 Å². The highest BCUT2D eigenvalue weighted by atomic mass is 16.3. The lowest BCUT2D eigenvalue weighted by atomic mass is 9.81. The van der Waals surface area contributed by atoms with Crippen LogP contribution in [0.2, 0.25) is 0 Å². The van der Waals surface area contributed by atoms with Gasteiger partial charge in [-0.15, -0.1) is 0 Å². The number of aliphatic hydroxyl groups excluding tert-OH is 1. The molecule has 0 aromatic heterocycles. The summed E-state index contributed by atoms with van der Waals surface area (Å²) in [7, 11) is 2.12. The third kappa shape index (κ3) is 4.89. The first-order chi connectivity index (χ1) is 8.56. The third-order valence-corrected chi connectivity index (χ3v) is 4.50. The lowest BCUT2D eigenvalue weighted by Crippen LogP contribution is -2.45. The molecule has 0 amide bonds. The Labute approximate surface area is 114 Å². The second kappa shape index (κ2) is 8.16. The molecule has 1 rings (SSSR count). The normalized spacial score (nSPS) is 28.2. The summed E-state index contributed by atoms with van der Waals surface area (Å²) in [5.41, 5.74) is 0. The van der Waals surface area contributed by atoms with Crippen molar-refractivity contribution in [3.8, 4) is 0 Å². The van der Waals surface area contributed by atoms with Gasteiger partial charge in [0.2, 0.25) is 0 Å². The van der Waals surface area contributed by atoms with E-state index in [2.05, 4.69) is 32.7 Å². The Hall–Kier alpha value is -0.0800. The smallest absolute Gasteiger partial charge is 0.107 e. The van der Waals surface area contributed by atoms with Crippen molar-refractivity contribution in [3.05, 3.63) is 0 Å². The molecule has 108 valence electrons. The van der Waals surface area contributed by atoms with Crippen molar-refractivity contribution in [2.75, 3.05) is 7.05 Å². The maximum Gasteiger partial charge on any atom is 0.107 e. The number of hydrogen-bond acceptors (Lipinski definition) is 2. The van der Waals surface area contributed by atoms with Gasteiger partial charge in [0.1, 0.15) is 6.23 Å². The molecular weight excluding hydrogens is 222 g/mol. The maximum absolute atomic E-state index is 10.1. The summed E-state index contributed by atoms with van der Waals surface area (Å²) < 4.78 is 0. The molecule has 3 unspecified atom stereocenters. The van der Waals surface area contributed by atoms with Crippen LogP contribution >= 0.6 is 0 Å². The van der Waals surface area contributed by atoms with E-state index in [-0.39, 0.29) is 6.23 Å². The first kappa shape index (κ1) is 16.0. The number of hydrogen-bond donors (Lipinski definition) is 1. The van der Waals surface area contributed by atoms with E-state index in [1.807, 2.05) is 0 Å². The van der Waals surface area contributed by atoms with E-state index in [1.165, 1.54) is 44.9 Å². The molecular formula is C16H33NO. The average Bonchev–Trinajstić information content (AvgIpc) is 2.31. The predicted molar refractivity (Wildman–Crippen MR) is 78.5 cm³/mol. The van der Waals surface area contributed by atoms with Gasteiger partial charge in [0.05, 0.1) is 0 Å². The molecule has 0 aliphatic heterocycles. The fourth-order valence-electron chi connectivity index (χ4n) is 3.47. The highest BCUT2D eigenvalue weighted by molar-refractivity contribution is 4.81. The summed E-state index contributed by atoms with van der Waals surface area (Å²) in [5, 5.41) is 10.1. The maximum atomic E-state index is 10.1. The van der Waals surface area contributed by atoms with Crippen LogP contribution in [0.15, 0.2) is 0 Å². The molecule has 1 aliphatic rings. The molecule has 0 aromatic rings. The van der Waals surface area contributed by atoms with Gasteiger partial charge >= 0.3 is 0 Å². The largest absolute Gasteiger partial charge is 0.378 e. The molecule has 0 aromatic carbocycles. The van der Waals surface area contributed by atoms with Gasteiger partial charge in [-0.25, -0.2) is 0 Å². The van der Waals surface area contributed by atoms with Crippen LogP contribution in [0.25, 0.3) is 0 Å². The summed E-state index contributed by atoms with van der Waals surface area (Å²) in [6.45, 7) is 6.72. The second-order valence-electron chi connectivity index (χ2n) is 6.50. The SMILES string of the molecule is CCC(O)N(C)C1CCCCCCC1CC(C)C. The van der Waals surface area contributed by atoms with Crippen LogP contribution in [0, 0.1) is 11.8 Å². The summed E-state index contributed by atoms with van der Waals surface area (Å²) in [6.07, 6.45) is 10.00. The van der Waals surface area contributed by atoms with Gasteiger partial charge in [0.15, 0.2) is 0 Å². The number of rotatable bonds is 5. The van der Waals surface area contributed by atoms with E-state index in [0.717, 1.165) is 18.3 Å². The first-order valence-electron chi connectivity index (χ1n) is 7.96. The molecule has 3 atom stereocenters. The van der Waals surface area contributed by atoms with E-state index >= 15 is 0 Å². The fraction of sp³-hybridized carbons (Fsp3) is 1.00. The van der Waals surface area contributed by atoms with Crippen molar-refractivity contribution in [3.63, 3.8) is 0 Å². The zero-order valence-corrected chi connectivity index (χ0v) is 12.9. The Morgan fingerprint density at radius 3 is 2.28 bits per heavy atom. The van der Waals surface area contributed by atoms with Crippen LogP contribution in [0.3, 0.4) is 0 Å². The van der Waals surface area contributed by atoms with Crippen LogP contribution in [-0.2, 0) is 0 Å². The Kier molecular flexibility index (Phi) is 7.25. The molecule has 1 N–H and O–H groups in total. The molecule has 2 heteroatoms. The highest BCUT2D eigenvalue weighted by Gasteiger charge is 2.29. The lowest BCUT2D eigenvalue weighted by Gasteiger charge is -2.39. The fourth-order valence-corrected chi connectivity index (χ4v) is 3.47. The summed E-state index contributed by atoms with van der Waals surface area (Å²) >= 11 is 0. The summed E-state index contributed by atoms with van der Waals surface area (Å²) in [4.78, 5) is 2.25. The van der Waals surface area contributed by atoms with Crippen molar-refractivity contribution in [2.24, 2.45) is 11.8 Å². The monoisotopic (exact) mass is 255 g/mol. The topological polar surface area (TPSA) is 23.5 Å². The summed E-state index contributed by atoms with van der Waals surface area (Å²) in [6, 6.07) is 0.586. The van der Waals surface area contributed by atoms with Crippen LogP contribution in [0.1, 0.15) is 72.1 Å². The van der Waals surface area contributed by atoms with Crippen molar-refractivity contribution < 1.29 is 5.11 Å². The minimum Gasteiger partial charge on any atom is -0.378 e. The van der Waals surface area contributed by atoms with Gasteiger partial charge in [0, 0.05) is 6.04 Å². The lowest BCUT2D eigenvalue weighted by molar-refractivity contribution is -0.0333. The number of nitrogens with zero attached hydrogens (tertiary/aromatic N) is 1. The zero-order chi connectivity index (χ0) is 13.5. The van der Waals surface area contributed by atoms with Crippen molar-refractivity contribution in [2.45, 2.75) is 84.4 Å². The van der Waals surface area contributed by atoms with E-state index < -0.39 is 0 Å². The second-order valence-corrected chi connectivity index (χ2v) is 6.50. The molecule has 1 aliphatic carbocycles. The average molecular weight is 255 g/mol. The molecule has 18 heavy (non-hydrogen) atoms. The van der Waals surface area contributed by atoms with Gasteiger partial charge < -0.3 is 5.11 Å². The Balaban J connectivity index is 2.69. The van der Waals surface area contributed by atoms with E-state index in [1.54, 1.807) is 0 Å². The number of aliphatic hydroxyl groups is 1. The molecule has 0 bridgehead atoms. The van der Waals surface area contributed by atoms with Gasteiger partial charge in [-0.2, -0.15) is 0 Å². The molecule has 0 radical (unpaired) electrons. The molecule has 0 spiro atoms. The minimum absolute atomic E-state index is 0.260. The van der Waals surface area contributed by atoms with Crippen molar-refractivity contribution in [1.29, 1.82) is 0 Å². The third-order valence-electron chi connectivity index (χ3n) is 4.50. The standard InChI is InChI=1S/C16H33NO/c1-5-16(18)17(4)15-11-9-7-6-8-10-14(15)12-13(2)3/h13-16,18H,5-12H2,1-4H3. The minimum atomic E-state index is -0.260. The first-order valence-corrected chi connectivity index (χ1v) is 7.96. The van der Waals surface area contributed by atoms with Crippen LogP contribution in [0.5, 0.6) is 0 Å². The molecule has 0 saturated heterocycles. The van der Waals surface area contributed by atoms with Gasteiger partial charge in [-0.3, -0.25) is 4.90 Å². The molecule has 2 nitrogen and oxygen atoms in total. The zero-order valence-electron chi connectivity index (χ0n) is 12.9. The van der Waals surface area contributed by atoms with E-state index in [0.29, 0.717) is 6.04 Å². The van der Waals surface area contributed by atoms with Crippen LogP contribution in [-0.4, -0.2) is 29.3 Å². The van der Waals surface area contributed by atoms with Gasteiger partial charge in [-0.1, -0.05) is 46.5 Å². The van der Waals surface area contributed by atoms with E-state index in [9.17, 15) is 5.11 Å². The van der Waals surface area contributed by atoms with Gasteiger partial charge in [0.25, 0.3) is 0 Å². The molecule has 0 heterocycles. The predicted octanol–water partition coefficient (Wildman–Crippen LogP) is 4.03. The van der Waals surface area contributed by atoms with Crippen LogP contribution < -0.4 is 0 Å². The van der Waals surface area contributed by atoms with Gasteiger partial charge in [-0.05, 0) is 44.6 Å². The van der Waals surface area contributed by atoms with Crippen LogP contribution in [0.4, 0.5) is 0 Å².